The fourth-order valence-corrected chi connectivity index (χ4v) is 0.551. The Morgan fingerprint density at radius 1 is 1.71 bits per heavy atom. The topological polar surface area (TPSA) is 12.0 Å². The molecule has 42 valence electrons. The third-order valence-corrected chi connectivity index (χ3v) is 1.07. The predicted octanol–water partition coefficient (Wildman–Crippen LogP) is 1.08. The molecule has 0 bridgehead atoms. The standard InChI is InChI=1S/C5H11NS/c1-6-4-3-5-7-2/h3-4,6H,5H2,1-2H3. The van der Waals surface area contributed by atoms with Gasteiger partial charge in [-0.05, 0) is 12.5 Å². The van der Waals surface area contributed by atoms with Crippen LogP contribution in [-0.2, 0) is 0 Å². The van der Waals surface area contributed by atoms with Crippen molar-refractivity contribution in [2.45, 2.75) is 0 Å². The Morgan fingerprint density at radius 2 is 2.43 bits per heavy atom. The fraction of sp³-hybridized carbons (Fsp3) is 0.600. The van der Waals surface area contributed by atoms with Gasteiger partial charge in [-0.15, -0.1) is 0 Å². The fourth-order valence-electron chi connectivity index (χ4n) is 0.262. The maximum Gasteiger partial charge on any atom is 0.0127 e. The van der Waals surface area contributed by atoms with Gasteiger partial charge in [-0.1, -0.05) is 6.08 Å². The Hall–Kier alpha value is -0.110. The molecule has 2 heteroatoms. The third kappa shape index (κ3) is 5.89. The molecule has 0 aliphatic carbocycles. The highest BCUT2D eigenvalue weighted by Crippen LogP contribution is 1.88. The minimum absolute atomic E-state index is 1.10. The lowest BCUT2D eigenvalue weighted by Crippen LogP contribution is -1.90. The van der Waals surface area contributed by atoms with Gasteiger partial charge in [-0.3, -0.25) is 0 Å². The minimum Gasteiger partial charge on any atom is -0.394 e. The first-order valence-corrected chi connectivity index (χ1v) is 3.62. The summed E-state index contributed by atoms with van der Waals surface area (Å²) >= 11 is 1.81. The highest BCUT2D eigenvalue weighted by molar-refractivity contribution is 7.98. The highest BCUT2D eigenvalue weighted by atomic mass is 32.2. The van der Waals surface area contributed by atoms with E-state index in [1.807, 2.05) is 25.0 Å². The molecule has 0 aromatic heterocycles. The summed E-state index contributed by atoms with van der Waals surface area (Å²) in [5.74, 6) is 1.10. The van der Waals surface area contributed by atoms with E-state index in [1.54, 1.807) is 0 Å². The van der Waals surface area contributed by atoms with Crippen LogP contribution >= 0.6 is 11.8 Å². The first-order chi connectivity index (χ1) is 3.41. The number of rotatable bonds is 3. The molecular weight excluding hydrogens is 106 g/mol. The lowest BCUT2D eigenvalue weighted by atomic mass is 10.7. The van der Waals surface area contributed by atoms with E-state index in [-0.39, 0.29) is 0 Å². The van der Waals surface area contributed by atoms with Crippen molar-refractivity contribution in [1.29, 1.82) is 0 Å². The van der Waals surface area contributed by atoms with Crippen LogP contribution < -0.4 is 5.32 Å². The van der Waals surface area contributed by atoms with Gasteiger partial charge in [-0.2, -0.15) is 11.8 Å². The van der Waals surface area contributed by atoms with Gasteiger partial charge >= 0.3 is 0 Å². The monoisotopic (exact) mass is 117 g/mol. The average Bonchev–Trinajstić information content (AvgIpc) is 1.69. The van der Waals surface area contributed by atoms with Crippen LogP contribution in [0.25, 0.3) is 0 Å². The van der Waals surface area contributed by atoms with Gasteiger partial charge in [0.2, 0.25) is 0 Å². The van der Waals surface area contributed by atoms with Gasteiger partial charge < -0.3 is 5.32 Å². The van der Waals surface area contributed by atoms with Crippen molar-refractivity contribution in [1.82, 2.24) is 5.32 Å². The molecule has 0 rings (SSSR count). The average molecular weight is 117 g/mol. The summed E-state index contributed by atoms with van der Waals surface area (Å²) < 4.78 is 0. The first-order valence-electron chi connectivity index (χ1n) is 2.23. The summed E-state index contributed by atoms with van der Waals surface area (Å²) in [6.45, 7) is 0. The van der Waals surface area contributed by atoms with Crippen molar-refractivity contribution in [3.8, 4) is 0 Å². The molecule has 0 fully saturated rings. The SMILES string of the molecule is CNC=CCSC. The van der Waals surface area contributed by atoms with Gasteiger partial charge in [-0.25, -0.2) is 0 Å². The van der Waals surface area contributed by atoms with Crippen LogP contribution in [0, 0.1) is 0 Å². The Morgan fingerprint density at radius 3 is 2.86 bits per heavy atom. The minimum atomic E-state index is 1.10. The van der Waals surface area contributed by atoms with Crippen molar-refractivity contribution < 1.29 is 0 Å². The molecule has 1 nitrogen and oxygen atoms in total. The van der Waals surface area contributed by atoms with Crippen LogP contribution in [0.5, 0.6) is 0 Å². The highest BCUT2D eigenvalue weighted by Gasteiger charge is 1.66. The van der Waals surface area contributed by atoms with Crippen LogP contribution in [0.1, 0.15) is 0 Å². The Kier molecular flexibility index (Phi) is 5.80. The van der Waals surface area contributed by atoms with Crippen molar-refractivity contribution in [3.05, 3.63) is 12.3 Å². The second kappa shape index (κ2) is 5.89. The van der Waals surface area contributed by atoms with E-state index in [4.69, 9.17) is 0 Å². The number of hydrogen-bond donors (Lipinski definition) is 1. The molecule has 0 aliphatic heterocycles. The zero-order valence-corrected chi connectivity index (χ0v) is 5.59. The molecule has 0 aromatic carbocycles. The zero-order valence-electron chi connectivity index (χ0n) is 4.77. The maximum absolute atomic E-state index is 2.91. The zero-order chi connectivity index (χ0) is 5.54. The van der Waals surface area contributed by atoms with Gasteiger partial charge in [0.05, 0.1) is 0 Å². The van der Waals surface area contributed by atoms with Crippen LogP contribution in [-0.4, -0.2) is 19.1 Å². The largest absolute Gasteiger partial charge is 0.394 e. The molecule has 0 spiro atoms. The lowest BCUT2D eigenvalue weighted by Gasteiger charge is -1.83. The summed E-state index contributed by atoms with van der Waals surface area (Å²) in [7, 11) is 1.90. The normalized spacial score (nSPS) is 10.0. The molecule has 0 amide bonds. The Bertz CT molecular complexity index is 52.0. The van der Waals surface area contributed by atoms with E-state index in [0.717, 1.165) is 5.75 Å². The first kappa shape index (κ1) is 6.89. The van der Waals surface area contributed by atoms with Crippen molar-refractivity contribution >= 4 is 11.8 Å². The van der Waals surface area contributed by atoms with Crippen molar-refractivity contribution in [2.24, 2.45) is 0 Å². The Balaban J connectivity index is 2.78. The van der Waals surface area contributed by atoms with E-state index in [9.17, 15) is 0 Å². The number of nitrogens with one attached hydrogen (secondary N) is 1. The summed E-state index contributed by atoms with van der Waals surface area (Å²) in [6, 6.07) is 0. The second-order valence-corrected chi connectivity index (χ2v) is 2.06. The van der Waals surface area contributed by atoms with E-state index in [0.29, 0.717) is 0 Å². The van der Waals surface area contributed by atoms with E-state index in [1.165, 1.54) is 0 Å². The summed E-state index contributed by atoms with van der Waals surface area (Å²) in [5, 5.41) is 2.91. The molecule has 0 unspecified atom stereocenters. The summed E-state index contributed by atoms with van der Waals surface area (Å²) in [6.07, 6.45) is 6.11. The second-order valence-electron chi connectivity index (χ2n) is 1.15. The molecule has 0 saturated carbocycles. The number of hydrogen-bond acceptors (Lipinski definition) is 2. The van der Waals surface area contributed by atoms with Crippen LogP contribution in [0.2, 0.25) is 0 Å². The van der Waals surface area contributed by atoms with Gasteiger partial charge in [0.15, 0.2) is 0 Å². The molecule has 0 aliphatic rings. The van der Waals surface area contributed by atoms with E-state index in [2.05, 4.69) is 17.6 Å². The lowest BCUT2D eigenvalue weighted by molar-refractivity contribution is 1.10. The van der Waals surface area contributed by atoms with Crippen molar-refractivity contribution in [2.75, 3.05) is 19.1 Å². The van der Waals surface area contributed by atoms with E-state index < -0.39 is 0 Å². The molecular formula is C5H11NS. The van der Waals surface area contributed by atoms with E-state index >= 15 is 0 Å². The Labute approximate surface area is 49.2 Å². The smallest absolute Gasteiger partial charge is 0.0127 e. The van der Waals surface area contributed by atoms with Crippen LogP contribution in [0.3, 0.4) is 0 Å². The van der Waals surface area contributed by atoms with Crippen LogP contribution in [0.4, 0.5) is 0 Å². The van der Waals surface area contributed by atoms with Crippen molar-refractivity contribution in [3.63, 3.8) is 0 Å². The maximum atomic E-state index is 2.91. The summed E-state index contributed by atoms with van der Waals surface area (Å²) in [4.78, 5) is 0. The molecule has 0 atom stereocenters. The molecule has 0 heterocycles. The predicted molar refractivity (Wildman–Crippen MR) is 36.6 cm³/mol. The number of thioether (sulfide) groups is 1. The summed E-state index contributed by atoms with van der Waals surface area (Å²) in [5.41, 5.74) is 0. The molecule has 1 N–H and O–H groups in total. The molecule has 0 aromatic rings. The quantitative estimate of drug-likeness (QED) is 0.593. The molecule has 0 radical (unpaired) electrons. The van der Waals surface area contributed by atoms with Gasteiger partial charge in [0.1, 0.15) is 0 Å². The molecule has 7 heavy (non-hydrogen) atoms. The van der Waals surface area contributed by atoms with Gasteiger partial charge in [0, 0.05) is 12.8 Å². The molecule has 0 saturated heterocycles. The van der Waals surface area contributed by atoms with Crippen LogP contribution in [0.15, 0.2) is 12.3 Å². The third-order valence-electron chi connectivity index (χ3n) is 0.547. The van der Waals surface area contributed by atoms with Gasteiger partial charge in [0.25, 0.3) is 0 Å².